The highest BCUT2D eigenvalue weighted by atomic mass is 32.2. The summed E-state index contributed by atoms with van der Waals surface area (Å²) in [5.74, 6) is -0.943. The number of hydrogen-bond acceptors (Lipinski definition) is 10. The molecule has 1 aromatic carbocycles. The summed E-state index contributed by atoms with van der Waals surface area (Å²) in [6.07, 6.45) is 9.27. The molecular formula is C44H61N5O9S. The van der Waals surface area contributed by atoms with Crippen LogP contribution in [0, 0.1) is 11.3 Å². The van der Waals surface area contributed by atoms with Crippen molar-refractivity contribution >= 4 is 44.7 Å². The highest BCUT2D eigenvalue weighted by molar-refractivity contribution is 7.91. The molecule has 3 aliphatic heterocycles. The van der Waals surface area contributed by atoms with Crippen molar-refractivity contribution in [2.45, 2.75) is 152 Å². The maximum atomic E-state index is 14.9. The SMILES string of the molecule is COc1ccc2nc(C(C)C)c3c(c2c1)CC[C@]1(C[C@H]2C(=O)N[C@]4(C(=O)NS(=O)(=O)C5(C)CC5)CC[C@H]4/C=C\CCCCC[C@H](NC(=O)OCC(C)(C)C)C(=O)N2C1)O3. The summed E-state index contributed by atoms with van der Waals surface area (Å²) in [5.41, 5.74) is -0.286. The Balaban J connectivity index is 1.26. The van der Waals surface area contributed by atoms with Crippen LogP contribution in [0.15, 0.2) is 30.4 Å². The number of ether oxygens (including phenoxy) is 3. The van der Waals surface area contributed by atoms with E-state index in [0.29, 0.717) is 62.9 Å². The third kappa shape index (κ3) is 8.50. The van der Waals surface area contributed by atoms with E-state index in [0.717, 1.165) is 35.0 Å². The molecule has 1 aromatic heterocycles. The summed E-state index contributed by atoms with van der Waals surface area (Å²) in [6, 6.07) is 3.67. The maximum Gasteiger partial charge on any atom is 0.407 e. The number of methoxy groups -OCH3 is 1. The molecule has 2 aliphatic carbocycles. The lowest BCUT2D eigenvalue weighted by Gasteiger charge is -2.48. The Morgan fingerprint density at radius 2 is 1.85 bits per heavy atom. The summed E-state index contributed by atoms with van der Waals surface area (Å²) < 4.78 is 46.2. The van der Waals surface area contributed by atoms with Gasteiger partial charge < -0.3 is 29.7 Å². The van der Waals surface area contributed by atoms with Gasteiger partial charge in [0.05, 0.1) is 36.2 Å². The highest BCUT2D eigenvalue weighted by Crippen LogP contribution is 2.48. The first kappa shape index (κ1) is 42.7. The number of aryl methyl sites for hydroxylation is 1. The molecule has 3 fully saturated rings. The van der Waals surface area contributed by atoms with Crippen molar-refractivity contribution in [2.24, 2.45) is 11.3 Å². The smallest absolute Gasteiger partial charge is 0.407 e. The van der Waals surface area contributed by atoms with Gasteiger partial charge in [0.25, 0.3) is 5.91 Å². The van der Waals surface area contributed by atoms with Gasteiger partial charge in [-0.1, -0.05) is 59.6 Å². The van der Waals surface area contributed by atoms with Crippen LogP contribution in [0.4, 0.5) is 4.79 Å². The molecule has 2 aromatic rings. The van der Waals surface area contributed by atoms with Gasteiger partial charge in [0.15, 0.2) is 0 Å². The summed E-state index contributed by atoms with van der Waals surface area (Å²) in [7, 11) is -2.40. The molecule has 4 amide bonds. The van der Waals surface area contributed by atoms with Crippen LogP contribution in [0.25, 0.3) is 10.9 Å². The third-order valence-corrected chi connectivity index (χ3v) is 15.1. The number of aromatic nitrogens is 1. The predicted molar refractivity (Wildman–Crippen MR) is 222 cm³/mol. The van der Waals surface area contributed by atoms with Crippen LogP contribution in [0.2, 0.25) is 0 Å². The van der Waals surface area contributed by atoms with Crippen LogP contribution >= 0.6 is 0 Å². The van der Waals surface area contributed by atoms with E-state index in [1.165, 1.54) is 4.90 Å². The zero-order chi connectivity index (χ0) is 42.5. The summed E-state index contributed by atoms with van der Waals surface area (Å²) in [5, 5.41) is 6.77. The van der Waals surface area contributed by atoms with Crippen LogP contribution in [-0.2, 0) is 35.6 Å². The topological polar surface area (TPSA) is 182 Å². The number of benzene rings is 1. The molecule has 14 nitrogen and oxygen atoms in total. The van der Waals surface area contributed by atoms with Crippen LogP contribution in [0.1, 0.15) is 129 Å². The molecule has 4 heterocycles. The van der Waals surface area contributed by atoms with Gasteiger partial charge >= 0.3 is 6.09 Å². The van der Waals surface area contributed by atoms with E-state index in [9.17, 15) is 27.6 Å². The fourth-order valence-electron chi connectivity index (χ4n) is 8.89. The number of alkyl carbamates (subject to hydrolysis) is 1. The number of hydrogen-bond donors (Lipinski definition) is 3. The van der Waals surface area contributed by atoms with Crippen molar-refractivity contribution in [1.82, 2.24) is 25.2 Å². The Morgan fingerprint density at radius 1 is 1.08 bits per heavy atom. The lowest BCUT2D eigenvalue weighted by Crippen LogP contribution is -2.70. The number of pyridine rings is 1. The second-order valence-electron chi connectivity index (χ2n) is 19.2. The van der Waals surface area contributed by atoms with E-state index >= 15 is 0 Å². The third-order valence-electron chi connectivity index (χ3n) is 13.0. The van der Waals surface area contributed by atoms with E-state index in [2.05, 4.69) is 15.4 Å². The molecule has 0 unspecified atom stereocenters. The highest BCUT2D eigenvalue weighted by Gasteiger charge is 2.59. The van der Waals surface area contributed by atoms with Crippen LogP contribution < -0.4 is 24.8 Å². The van der Waals surface area contributed by atoms with Crippen molar-refractivity contribution in [3.05, 3.63) is 41.6 Å². The van der Waals surface area contributed by atoms with E-state index in [-0.39, 0.29) is 37.3 Å². The molecule has 1 spiro atoms. The number of carbonyl (C=O) groups is 4. The molecule has 0 bridgehead atoms. The maximum absolute atomic E-state index is 14.9. The molecule has 59 heavy (non-hydrogen) atoms. The Kier molecular flexibility index (Phi) is 11.5. The molecule has 322 valence electrons. The molecule has 0 radical (unpaired) electrons. The first-order valence-corrected chi connectivity index (χ1v) is 22.8. The minimum atomic E-state index is -4.01. The van der Waals surface area contributed by atoms with Gasteiger partial charge in [-0.05, 0) is 94.2 Å². The number of carbonyl (C=O) groups excluding carboxylic acids is 4. The first-order chi connectivity index (χ1) is 27.8. The minimum Gasteiger partial charge on any atom is -0.497 e. The van der Waals surface area contributed by atoms with Crippen molar-refractivity contribution in [3.8, 4) is 11.5 Å². The van der Waals surface area contributed by atoms with Gasteiger partial charge in [0, 0.05) is 23.3 Å². The Hall–Kier alpha value is -4.40. The Morgan fingerprint density at radius 3 is 2.51 bits per heavy atom. The van der Waals surface area contributed by atoms with Gasteiger partial charge in [-0.15, -0.1) is 0 Å². The number of allylic oxidation sites excluding steroid dienone is 1. The van der Waals surface area contributed by atoms with Gasteiger partial charge in [-0.2, -0.15) is 0 Å². The minimum absolute atomic E-state index is 0.00830. The fourth-order valence-corrected chi connectivity index (χ4v) is 10.2. The van der Waals surface area contributed by atoms with E-state index in [1.54, 1.807) is 14.0 Å². The van der Waals surface area contributed by atoms with Crippen molar-refractivity contribution in [3.63, 3.8) is 0 Å². The van der Waals surface area contributed by atoms with Crippen molar-refractivity contribution in [1.29, 1.82) is 0 Å². The average Bonchev–Trinajstić information content (AvgIpc) is 3.84. The van der Waals surface area contributed by atoms with Gasteiger partial charge in [-0.25, -0.2) is 18.2 Å². The standard InChI is InChI=1S/C44H61N5O9S/c1-27(2)35-36-30(31-23-29(56-7)15-16-32(31)45-35)18-19-43(58-36)24-34-37(50)47-44(39(52)48-59(54,55)42(6)21-22-42)20-17-28(44)13-11-9-8-10-12-14-33(38(51)49(34)25-43)46-40(53)57-26-41(3,4)5/h11,13,15-16,23,27-28,33-34H,8-10,12,14,17-22,24-26H2,1-7H3,(H,46,53)(H,47,50)(H,48,52)/b13-11-/t28-,33+,34+,43-,44-/m1/s1. The fraction of sp³-hybridized carbons (Fsp3) is 0.659. The van der Waals surface area contributed by atoms with Crippen molar-refractivity contribution < 1.29 is 41.8 Å². The van der Waals surface area contributed by atoms with Gasteiger partial charge in [0.2, 0.25) is 21.8 Å². The zero-order valence-electron chi connectivity index (χ0n) is 35.6. The quantitative estimate of drug-likeness (QED) is 0.282. The molecule has 5 aliphatic rings. The molecule has 3 N–H and O–H groups in total. The molecule has 2 saturated carbocycles. The normalized spacial score (nSPS) is 28.7. The summed E-state index contributed by atoms with van der Waals surface area (Å²) in [6.45, 7) is 11.7. The average molecular weight is 836 g/mol. The zero-order valence-corrected chi connectivity index (χ0v) is 36.4. The van der Waals surface area contributed by atoms with Crippen LogP contribution in [0.5, 0.6) is 11.5 Å². The molecule has 7 rings (SSSR count). The number of amides is 4. The number of nitrogens with zero attached hydrogens (tertiary/aromatic N) is 2. The number of fused-ring (bicyclic) bond motifs is 5. The van der Waals surface area contributed by atoms with E-state index in [1.807, 2.05) is 65.0 Å². The molecule has 5 atom stereocenters. The largest absolute Gasteiger partial charge is 0.497 e. The molecular weight excluding hydrogens is 775 g/mol. The molecule has 15 heteroatoms. The summed E-state index contributed by atoms with van der Waals surface area (Å²) in [4.78, 5) is 63.9. The Labute approximate surface area is 348 Å². The van der Waals surface area contributed by atoms with Crippen LogP contribution in [-0.4, -0.2) is 90.3 Å². The lowest BCUT2D eigenvalue weighted by molar-refractivity contribution is -0.144. The predicted octanol–water partition coefficient (Wildman–Crippen LogP) is 5.96. The second kappa shape index (κ2) is 15.9. The Bertz CT molecular complexity index is 2140. The monoisotopic (exact) mass is 835 g/mol. The second-order valence-corrected chi connectivity index (χ2v) is 21.4. The lowest BCUT2D eigenvalue weighted by atomic mass is 9.65. The van der Waals surface area contributed by atoms with Gasteiger partial charge in [-0.3, -0.25) is 19.1 Å². The first-order valence-electron chi connectivity index (χ1n) is 21.3. The number of rotatable bonds is 7. The van der Waals surface area contributed by atoms with Crippen LogP contribution in [0.3, 0.4) is 0 Å². The van der Waals surface area contributed by atoms with E-state index < -0.39 is 67.7 Å². The number of nitrogens with one attached hydrogen (secondary N) is 3. The summed E-state index contributed by atoms with van der Waals surface area (Å²) >= 11 is 0. The van der Waals surface area contributed by atoms with E-state index in [4.69, 9.17) is 19.2 Å². The number of sulfonamides is 1. The van der Waals surface area contributed by atoms with Gasteiger partial charge in [0.1, 0.15) is 34.7 Å². The van der Waals surface area contributed by atoms with Crippen molar-refractivity contribution in [2.75, 3.05) is 20.3 Å². The molecule has 1 saturated heterocycles.